The van der Waals surface area contributed by atoms with Gasteiger partial charge in [-0.15, -0.1) is 11.3 Å². The second kappa shape index (κ2) is 6.57. The molecule has 1 aliphatic rings. The van der Waals surface area contributed by atoms with E-state index >= 15 is 0 Å². The standard InChI is InChI=1S/C16H19BrN2OS/c1-20-8-6-19-16(15-18-7-9-21-15)5-4-12-10-14(17)3-2-13(12)11-16/h2-3,7,9-10,19H,4-6,8,11H2,1H3. The Morgan fingerprint density at radius 2 is 2.33 bits per heavy atom. The summed E-state index contributed by atoms with van der Waals surface area (Å²) in [6.45, 7) is 1.57. The van der Waals surface area contributed by atoms with E-state index in [1.54, 1.807) is 18.4 Å². The van der Waals surface area contributed by atoms with Gasteiger partial charge in [0.1, 0.15) is 5.01 Å². The lowest BCUT2D eigenvalue weighted by Gasteiger charge is -2.38. The van der Waals surface area contributed by atoms with Gasteiger partial charge in [-0.25, -0.2) is 4.98 Å². The summed E-state index contributed by atoms with van der Waals surface area (Å²) in [7, 11) is 1.74. The van der Waals surface area contributed by atoms with E-state index in [9.17, 15) is 0 Å². The number of aromatic nitrogens is 1. The van der Waals surface area contributed by atoms with Gasteiger partial charge >= 0.3 is 0 Å². The van der Waals surface area contributed by atoms with Crippen molar-refractivity contribution in [3.63, 3.8) is 0 Å². The molecule has 0 radical (unpaired) electrons. The molecule has 1 atom stereocenters. The molecular weight excluding hydrogens is 348 g/mol. The molecule has 0 saturated heterocycles. The highest BCUT2D eigenvalue weighted by atomic mass is 79.9. The van der Waals surface area contributed by atoms with Crippen molar-refractivity contribution in [3.05, 3.63) is 50.4 Å². The maximum Gasteiger partial charge on any atom is 0.113 e. The van der Waals surface area contributed by atoms with Crippen molar-refractivity contribution in [2.45, 2.75) is 24.8 Å². The van der Waals surface area contributed by atoms with Crippen LogP contribution >= 0.6 is 27.3 Å². The number of nitrogens with one attached hydrogen (secondary N) is 1. The highest BCUT2D eigenvalue weighted by Gasteiger charge is 2.37. The van der Waals surface area contributed by atoms with Crippen molar-refractivity contribution in [3.8, 4) is 0 Å². The third-order valence-corrected chi connectivity index (χ3v) is 5.56. The lowest BCUT2D eigenvalue weighted by atomic mass is 9.78. The summed E-state index contributed by atoms with van der Waals surface area (Å²) in [5.74, 6) is 0. The Labute approximate surface area is 137 Å². The fourth-order valence-electron chi connectivity index (χ4n) is 3.02. The van der Waals surface area contributed by atoms with Crippen LogP contribution in [0, 0.1) is 0 Å². The average Bonchev–Trinajstić information content (AvgIpc) is 3.02. The van der Waals surface area contributed by atoms with E-state index in [0.29, 0.717) is 0 Å². The summed E-state index contributed by atoms with van der Waals surface area (Å²) >= 11 is 5.31. The average molecular weight is 367 g/mol. The van der Waals surface area contributed by atoms with Crippen molar-refractivity contribution in [2.24, 2.45) is 0 Å². The van der Waals surface area contributed by atoms with Gasteiger partial charge in [0.2, 0.25) is 0 Å². The molecule has 0 spiro atoms. The number of thiazole rings is 1. The van der Waals surface area contributed by atoms with Gasteiger partial charge in [0.05, 0.1) is 12.1 Å². The zero-order valence-corrected chi connectivity index (χ0v) is 14.5. The minimum Gasteiger partial charge on any atom is -0.383 e. The Morgan fingerprint density at radius 1 is 1.43 bits per heavy atom. The molecule has 1 heterocycles. The fraction of sp³-hybridized carbons (Fsp3) is 0.438. The molecular formula is C16H19BrN2OS. The van der Waals surface area contributed by atoms with Crippen LogP contribution in [0.5, 0.6) is 0 Å². The second-order valence-electron chi connectivity index (χ2n) is 5.43. The molecule has 1 N–H and O–H groups in total. The van der Waals surface area contributed by atoms with E-state index in [1.807, 2.05) is 6.20 Å². The minimum atomic E-state index is -0.0481. The van der Waals surface area contributed by atoms with E-state index in [1.165, 1.54) is 16.1 Å². The first-order chi connectivity index (χ1) is 10.2. The Morgan fingerprint density at radius 3 is 3.10 bits per heavy atom. The molecule has 21 heavy (non-hydrogen) atoms. The number of methoxy groups -OCH3 is 1. The monoisotopic (exact) mass is 366 g/mol. The first kappa shape index (κ1) is 15.2. The number of rotatable bonds is 5. The molecule has 3 nitrogen and oxygen atoms in total. The van der Waals surface area contributed by atoms with Crippen LogP contribution in [-0.4, -0.2) is 25.2 Å². The minimum absolute atomic E-state index is 0.0481. The Bertz CT molecular complexity index is 602. The molecule has 1 aromatic carbocycles. The van der Waals surface area contributed by atoms with Crippen LogP contribution < -0.4 is 5.32 Å². The third kappa shape index (κ3) is 3.21. The lowest BCUT2D eigenvalue weighted by Crippen LogP contribution is -2.48. The van der Waals surface area contributed by atoms with Crippen molar-refractivity contribution in [1.29, 1.82) is 0 Å². The van der Waals surface area contributed by atoms with Gasteiger partial charge in [0.15, 0.2) is 0 Å². The molecule has 0 saturated carbocycles. The zero-order chi connectivity index (χ0) is 14.7. The summed E-state index contributed by atoms with van der Waals surface area (Å²) in [5.41, 5.74) is 2.82. The van der Waals surface area contributed by atoms with Gasteiger partial charge in [-0.1, -0.05) is 22.0 Å². The van der Waals surface area contributed by atoms with Gasteiger partial charge in [0.25, 0.3) is 0 Å². The summed E-state index contributed by atoms with van der Waals surface area (Å²) in [5, 5.41) is 6.95. The number of fused-ring (bicyclic) bond motifs is 1. The Hall–Kier alpha value is -0.750. The van der Waals surface area contributed by atoms with Crippen LogP contribution in [0.15, 0.2) is 34.2 Å². The molecule has 0 amide bonds. The third-order valence-electron chi connectivity index (χ3n) is 4.09. The summed E-state index contributed by atoms with van der Waals surface area (Å²) in [4.78, 5) is 4.59. The van der Waals surface area contributed by atoms with Crippen LogP contribution in [-0.2, 0) is 23.1 Å². The topological polar surface area (TPSA) is 34.1 Å². The SMILES string of the molecule is COCCNC1(c2nccs2)CCc2cc(Br)ccc2C1. The first-order valence-corrected chi connectivity index (χ1v) is 8.82. The molecule has 0 aliphatic heterocycles. The van der Waals surface area contributed by atoms with E-state index < -0.39 is 0 Å². The highest BCUT2D eigenvalue weighted by Crippen LogP contribution is 2.38. The maximum absolute atomic E-state index is 5.19. The summed E-state index contributed by atoms with van der Waals surface area (Å²) in [6.07, 6.45) is 5.05. The van der Waals surface area contributed by atoms with Gasteiger partial charge in [-0.3, -0.25) is 0 Å². The predicted molar refractivity (Wildman–Crippen MR) is 89.8 cm³/mol. The molecule has 1 aliphatic carbocycles. The van der Waals surface area contributed by atoms with Crippen LogP contribution in [0.1, 0.15) is 22.6 Å². The van der Waals surface area contributed by atoms with E-state index in [2.05, 4.69) is 49.8 Å². The molecule has 2 aromatic rings. The van der Waals surface area contributed by atoms with Crippen LogP contribution in [0.4, 0.5) is 0 Å². The summed E-state index contributed by atoms with van der Waals surface area (Å²) in [6, 6.07) is 6.61. The number of hydrogen-bond donors (Lipinski definition) is 1. The maximum atomic E-state index is 5.19. The molecule has 1 aromatic heterocycles. The molecule has 0 bridgehead atoms. The quantitative estimate of drug-likeness (QED) is 0.821. The first-order valence-electron chi connectivity index (χ1n) is 7.15. The molecule has 1 unspecified atom stereocenters. The number of halogens is 1. The second-order valence-corrected chi connectivity index (χ2v) is 7.24. The van der Waals surface area contributed by atoms with Gasteiger partial charge in [0, 0.05) is 29.7 Å². The fourth-order valence-corrected chi connectivity index (χ4v) is 4.28. The van der Waals surface area contributed by atoms with Crippen molar-refractivity contribution in [1.82, 2.24) is 10.3 Å². The highest BCUT2D eigenvalue weighted by molar-refractivity contribution is 9.10. The van der Waals surface area contributed by atoms with Crippen LogP contribution in [0.3, 0.4) is 0 Å². The Kier molecular flexibility index (Phi) is 4.74. The largest absolute Gasteiger partial charge is 0.383 e. The number of nitrogens with zero attached hydrogens (tertiary/aromatic N) is 1. The van der Waals surface area contributed by atoms with Crippen LogP contribution in [0.25, 0.3) is 0 Å². The van der Waals surface area contributed by atoms with E-state index in [-0.39, 0.29) is 5.54 Å². The lowest BCUT2D eigenvalue weighted by molar-refractivity contribution is 0.178. The van der Waals surface area contributed by atoms with Crippen molar-refractivity contribution < 1.29 is 4.74 Å². The number of aryl methyl sites for hydroxylation is 1. The Balaban J connectivity index is 1.89. The molecule has 5 heteroatoms. The van der Waals surface area contributed by atoms with E-state index in [4.69, 9.17) is 4.74 Å². The smallest absolute Gasteiger partial charge is 0.113 e. The predicted octanol–water partition coefficient (Wildman–Crippen LogP) is 3.53. The number of hydrogen-bond acceptors (Lipinski definition) is 4. The van der Waals surface area contributed by atoms with Gasteiger partial charge < -0.3 is 10.1 Å². The number of benzene rings is 1. The molecule has 3 rings (SSSR count). The van der Waals surface area contributed by atoms with Crippen molar-refractivity contribution >= 4 is 27.3 Å². The summed E-state index contributed by atoms with van der Waals surface area (Å²) < 4.78 is 6.36. The molecule has 112 valence electrons. The van der Waals surface area contributed by atoms with Crippen molar-refractivity contribution in [2.75, 3.05) is 20.3 Å². The van der Waals surface area contributed by atoms with Gasteiger partial charge in [-0.05, 0) is 42.5 Å². The van der Waals surface area contributed by atoms with E-state index in [0.717, 1.165) is 36.9 Å². The zero-order valence-electron chi connectivity index (χ0n) is 12.1. The van der Waals surface area contributed by atoms with Crippen LogP contribution in [0.2, 0.25) is 0 Å². The normalized spacial score (nSPS) is 21.2. The number of ether oxygens (including phenoxy) is 1. The van der Waals surface area contributed by atoms with Gasteiger partial charge in [-0.2, -0.15) is 0 Å². The molecule has 0 fully saturated rings.